The Labute approximate surface area is 198 Å². The van der Waals surface area contributed by atoms with Crippen molar-refractivity contribution >= 4 is 5.82 Å². The summed E-state index contributed by atoms with van der Waals surface area (Å²) in [5.74, 6) is -0.169. The Kier molecular flexibility index (Phi) is 6.83. The number of fused-ring (bicyclic) bond motifs is 1. The molecule has 35 heavy (non-hydrogen) atoms. The molecule has 0 aliphatic carbocycles. The van der Waals surface area contributed by atoms with Gasteiger partial charge in [-0.25, -0.2) is 0 Å². The number of benzene rings is 2. The van der Waals surface area contributed by atoms with Gasteiger partial charge < -0.3 is 24.3 Å². The van der Waals surface area contributed by atoms with Gasteiger partial charge in [0.25, 0.3) is 0 Å². The summed E-state index contributed by atoms with van der Waals surface area (Å²) in [6.45, 7) is 4.17. The molecule has 0 saturated heterocycles. The van der Waals surface area contributed by atoms with Crippen LogP contribution in [-0.4, -0.2) is 51.0 Å². The number of imidazole rings is 1. The first-order valence-electron chi connectivity index (χ1n) is 10.7. The second-order valence-electron chi connectivity index (χ2n) is 8.38. The third-order valence-corrected chi connectivity index (χ3v) is 5.30. The van der Waals surface area contributed by atoms with Crippen LogP contribution in [0.3, 0.4) is 0 Å². The molecule has 4 rings (SSSR count). The van der Waals surface area contributed by atoms with E-state index in [0.29, 0.717) is 31.9 Å². The lowest BCUT2D eigenvalue weighted by atomic mass is 10.1. The van der Waals surface area contributed by atoms with Crippen molar-refractivity contribution in [2.75, 3.05) is 19.7 Å². The van der Waals surface area contributed by atoms with Crippen LogP contribution in [0, 0.1) is 10.1 Å². The van der Waals surface area contributed by atoms with Crippen LogP contribution in [-0.2, 0) is 13.1 Å². The molecule has 186 valence electrons. The summed E-state index contributed by atoms with van der Waals surface area (Å²) < 4.78 is 54.2. The number of nitro groups is 1. The number of halogens is 3. The fraction of sp³-hybridized carbons (Fsp3) is 0.348. The molecule has 3 aromatic rings. The Hall–Kier alpha value is -3.80. The molecule has 0 radical (unpaired) electrons. The van der Waals surface area contributed by atoms with Crippen LogP contribution < -0.4 is 14.2 Å². The van der Waals surface area contributed by atoms with Crippen LogP contribution in [0.5, 0.6) is 17.5 Å². The molecule has 0 saturated carbocycles. The van der Waals surface area contributed by atoms with Crippen LogP contribution in [0.1, 0.15) is 12.5 Å². The van der Waals surface area contributed by atoms with Gasteiger partial charge in [0, 0.05) is 24.6 Å². The molecule has 1 atom stereocenters. The Morgan fingerprint density at radius 1 is 1.17 bits per heavy atom. The topological polar surface area (TPSA) is 91.9 Å². The number of hydrogen-bond donors (Lipinski definition) is 0. The van der Waals surface area contributed by atoms with Gasteiger partial charge in [0.2, 0.25) is 0 Å². The number of ether oxygens (including phenoxy) is 3. The van der Waals surface area contributed by atoms with Crippen LogP contribution in [0.15, 0.2) is 60.8 Å². The Bertz CT molecular complexity index is 1130. The molecule has 9 nitrogen and oxygen atoms in total. The van der Waals surface area contributed by atoms with E-state index in [1.54, 1.807) is 4.57 Å². The highest BCUT2D eigenvalue weighted by molar-refractivity contribution is 5.31. The average Bonchev–Trinajstić information content (AvgIpc) is 3.30. The molecule has 2 aromatic carbocycles. The number of aromatic nitrogens is 2. The number of rotatable bonds is 10. The van der Waals surface area contributed by atoms with Gasteiger partial charge >= 0.3 is 18.2 Å². The highest BCUT2D eigenvalue weighted by atomic mass is 19.4. The molecule has 0 spiro atoms. The average molecular weight is 492 g/mol. The summed E-state index contributed by atoms with van der Waals surface area (Å²) in [6, 6.07) is 15.2. The van der Waals surface area contributed by atoms with Crippen molar-refractivity contribution in [2.24, 2.45) is 0 Å². The fourth-order valence-electron chi connectivity index (χ4n) is 3.92. The summed E-state index contributed by atoms with van der Waals surface area (Å²) in [7, 11) is 0. The second kappa shape index (κ2) is 9.82. The van der Waals surface area contributed by atoms with Crippen molar-refractivity contribution in [1.82, 2.24) is 14.5 Å². The zero-order valence-electron chi connectivity index (χ0n) is 18.8. The summed E-state index contributed by atoms with van der Waals surface area (Å²) >= 11 is 0. The maximum Gasteiger partial charge on any atom is 0.573 e. The van der Waals surface area contributed by atoms with Gasteiger partial charge in [-0.1, -0.05) is 30.3 Å². The summed E-state index contributed by atoms with van der Waals surface area (Å²) in [6.07, 6.45) is -3.39. The summed E-state index contributed by atoms with van der Waals surface area (Å²) in [5, 5.41) is 11.0. The van der Waals surface area contributed by atoms with Gasteiger partial charge in [-0.3, -0.25) is 9.47 Å². The van der Waals surface area contributed by atoms with E-state index in [9.17, 15) is 23.3 Å². The quantitative estimate of drug-likeness (QED) is 0.306. The minimum atomic E-state index is -4.75. The van der Waals surface area contributed by atoms with Crippen molar-refractivity contribution in [2.45, 2.75) is 32.0 Å². The predicted octanol–water partition coefficient (Wildman–Crippen LogP) is 4.42. The van der Waals surface area contributed by atoms with E-state index in [4.69, 9.17) is 9.47 Å². The number of nitrogens with zero attached hydrogens (tertiary/aromatic N) is 4. The van der Waals surface area contributed by atoms with Crippen LogP contribution in [0.2, 0.25) is 0 Å². The van der Waals surface area contributed by atoms with E-state index in [-0.39, 0.29) is 24.2 Å². The summed E-state index contributed by atoms with van der Waals surface area (Å²) in [4.78, 5) is 16.4. The minimum absolute atomic E-state index is 0.205. The molecule has 0 amide bonds. The van der Waals surface area contributed by atoms with Crippen LogP contribution in [0.25, 0.3) is 0 Å². The predicted molar refractivity (Wildman–Crippen MR) is 118 cm³/mol. The van der Waals surface area contributed by atoms with Gasteiger partial charge in [-0.2, -0.15) is 0 Å². The van der Waals surface area contributed by atoms with E-state index < -0.39 is 16.9 Å². The number of alkyl halides is 3. The van der Waals surface area contributed by atoms with Crippen LogP contribution in [0.4, 0.5) is 19.0 Å². The first-order chi connectivity index (χ1) is 16.6. The minimum Gasteiger partial charge on any atom is -0.492 e. The lowest BCUT2D eigenvalue weighted by molar-refractivity contribution is -0.389. The van der Waals surface area contributed by atoms with Gasteiger partial charge in [0.1, 0.15) is 29.9 Å². The van der Waals surface area contributed by atoms with E-state index >= 15 is 0 Å². The van der Waals surface area contributed by atoms with E-state index in [0.717, 1.165) is 5.56 Å². The molecular weight excluding hydrogens is 469 g/mol. The van der Waals surface area contributed by atoms with E-state index in [1.165, 1.54) is 30.5 Å². The van der Waals surface area contributed by atoms with E-state index in [1.807, 2.05) is 37.3 Å². The molecule has 1 aromatic heterocycles. The molecule has 12 heteroatoms. The van der Waals surface area contributed by atoms with Gasteiger partial charge in [0.05, 0.1) is 6.54 Å². The van der Waals surface area contributed by atoms with Crippen molar-refractivity contribution in [3.63, 3.8) is 0 Å². The zero-order chi connectivity index (χ0) is 25.1. The lowest BCUT2D eigenvalue weighted by Gasteiger charge is -2.31. The zero-order valence-corrected chi connectivity index (χ0v) is 18.8. The van der Waals surface area contributed by atoms with Crippen molar-refractivity contribution in [1.29, 1.82) is 0 Å². The standard InChI is InChI=1S/C23H23F3N4O5/c1-22(16-29-14-20(30(31)32)27-21(29)35-22)15-28(13-17-5-3-2-4-6-17)11-12-33-18-7-9-19(10-8-18)34-23(24,25)26/h2-10,14H,11-13,15-16H2,1H3. The molecule has 2 heterocycles. The van der Waals surface area contributed by atoms with Gasteiger partial charge in [0.15, 0.2) is 0 Å². The van der Waals surface area contributed by atoms with Crippen molar-refractivity contribution < 1.29 is 32.3 Å². The second-order valence-corrected chi connectivity index (χ2v) is 8.38. The maximum atomic E-state index is 12.3. The number of hydrogen-bond acceptors (Lipinski definition) is 7. The van der Waals surface area contributed by atoms with E-state index in [2.05, 4.69) is 14.6 Å². The Morgan fingerprint density at radius 2 is 1.86 bits per heavy atom. The van der Waals surface area contributed by atoms with Gasteiger partial charge in [-0.15, -0.1) is 13.2 Å². The third kappa shape index (κ3) is 6.63. The van der Waals surface area contributed by atoms with Crippen LogP contribution >= 0.6 is 0 Å². The highest BCUT2D eigenvalue weighted by Crippen LogP contribution is 2.32. The Morgan fingerprint density at radius 3 is 2.49 bits per heavy atom. The van der Waals surface area contributed by atoms with Crippen molar-refractivity contribution in [3.8, 4) is 17.5 Å². The van der Waals surface area contributed by atoms with Gasteiger partial charge in [-0.05, 0) is 41.7 Å². The van der Waals surface area contributed by atoms with Crippen molar-refractivity contribution in [3.05, 3.63) is 76.5 Å². The molecule has 1 aliphatic rings. The molecule has 0 fully saturated rings. The highest BCUT2D eigenvalue weighted by Gasteiger charge is 2.41. The molecule has 0 N–H and O–H groups in total. The normalized spacial score (nSPS) is 17.2. The first-order valence-corrected chi connectivity index (χ1v) is 10.7. The molecule has 0 bridgehead atoms. The Balaban J connectivity index is 1.38. The molecule has 1 unspecified atom stereocenters. The maximum absolute atomic E-state index is 12.3. The monoisotopic (exact) mass is 492 g/mol. The first kappa shape index (κ1) is 24.3. The fourth-order valence-corrected chi connectivity index (χ4v) is 3.92. The smallest absolute Gasteiger partial charge is 0.492 e. The molecular formula is C23H23F3N4O5. The summed E-state index contributed by atoms with van der Waals surface area (Å²) in [5.41, 5.74) is 0.416. The largest absolute Gasteiger partial charge is 0.573 e. The SMILES string of the molecule is CC1(CN(CCOc2ccc(OC(F)(F)F)cc2)Cc2ccccc2)Cn2cc([N+](=O)[O-])nc2O1. The lowest BCUT2D eigenvalue weighted by Crippen LogP contribution is -2.45. The third-order valence-electron chi connectivity index (χ3n) is 5.30. The molecule has 1 aliphatic heterocycles.